The van der Waals surface area contributed by atoms with Crippen LogP contribution in [0, 0.1) is 0 Å². The minimum absolute atomic E-state index is 0.156. The fourth-order valence-electron chi connectivity index (χ4n) is 0.726. The average molecular weight is 171 g/mol. The Hall–Kier alpha value is -0.940. The Morgan fingerprint density at radius 3 is 3.00 bits per heavy atom. The van der Waals surface area contributed by atoms with Crippen LogP contribution in [-0.2, 0) is 4.79 Å². The SMILES string of the molecule is NC(=O)C[C@@H](N)c1cscn1. The number of nitrogens with zero attached hydrogens (tertiary/aromatic N) is 1. The van der Waals surface area contributed by atoms with Gasteiger partial charge in [-0.1, -0.05) is 0 Å². The number of primary amides is 1. The molecule has 4 nitrogen and oxygen atoms in total. The third-order valence-electron chi connectivity index (χ3n) is 1.25. The largest absolute Gasteiger partial charge is 0.370 e. The molecule has 0 aromatic carbocycles. The minimum Gasteiger partial charge on any atom is -0.370 e. The fourth-order valence-corrected chi connectivity index (χ4v) is 1.34. The van der Waals surface area contributed by atoms with Crippen LogP contribution in [0.5, 0.6) is 0 Å². The molecule has 4 N–H and O–H groups in total. The summed E-state index contributed by atoms with van der Waals surface area (Å²) in [6.07, 6.45) is 0.156. The van der Waals surface area contributed by atoms with E-state index in [1.807, 2.05) is 5.38 Å². The van der Waals surface area contributed by atoms with Gasteiger partial charge in [0.15, 0.2) is 0 Å². The Balaban J connectivity index is 2.56. The third-order valence-corrected chi connectivity index (χ3v) is 1.86. The van der Waals surface area contributed by atoms with Crippen LogP contribution in [0.15, 0.2) is 10.9 Å². The van der Waals surface area contributed by atoms with Gasteiger partial charge in [0, 0.05) is 11.8 Å². The molecule has 0 aliphatic rings. The molecule has 0 fully saturated rings. The van der Waals surface area contributed by atoms with Crippen molar-refractivity contribution in [1.29, 1.82) is 0 Å². The Bertz CT molecular complexity index is 234. The van der Waals surface area contributed by atoms with Crippen LogP contribution in [0.25, 0.3) is 0 Å². The van der Waals surface area contributed by atoms with E-state index in [0.29, 0.717) is 0 Å². The summed E-state index contributed by atoms with van der Waals surface area (Å²) in [6.45, 7) is 0. The lowest BCUT2D eigenvalue weighted by atomic mass is 10.2. The van der Waals surface area contributed by atoms with Crippen LogP contribution in [0.4, 0.5) is 0 Å². The Morgan fingerprint density at radius 1 is 1.82 bits per heavy atom. The second kappa shape index (κ2) is 3.45. The smallest absolute Gasteiger partial charge is 0.219 e. The minimum atomic E-state index is -0.398. The van der Waals surface area contributed by atoms with Gasteiger partial charge < -0.3 is 11.5 Å². The van der Waals surface area contributed by atoms with Crippen LogP contribution >= 0.6 is 11.3 Å². The van der Waals surface area contributed by atoms with Gasteiger partial charge in [-0.3, -0.25) is 4.79 Å². The van der Waals surface area contributed by atoms with E-state index in [-0.39, 0.29) is 12.5 Å². The van der Waals surface area contributed by atoms with Crippen molar-refractivity contribution in [2.75, 3.05) is 0 Å². The number of thiazole rings is 1. The molecular weight excluding hydrogens is 162 g/mol. The van der Waals surface area contributed by atoms with Gasteiger partial charge in [-0.25, -0.2) is 4.98 Å². The summed E-state index contributed by atoms with van der Waals surface area (Å²) in [5.74, 6) is -0.398. The summed E-state index contributed by atoms with van der Waals surface area (Å²) in [7, 11) is 0. The van der Waals surface area contributed by atoms with Crippen molar-refractivity contribution in [3.63, 3.8) is 0 Å². The van der Waals surface area contributed by atoms with Crippen LogP contribution in [-0.4, -0.2) is 10.9 Å². The highest BCUT2D eigenvalue weighted by Crippen LogP contribution is 2.12. The molecule has 0 aliphatic carbocycles. The summed E-state index contributed by atoms with van der Waals surface area (Å²) in [5.41, 5.74) is 12.9. The first-order valence-corrected chi connectivity index (χ1v) is 4.06. The number of nitrogens with two attached hydrogens (primary N) is 2. The number of hydrogen-bond donors (Lipinski definition) is 2. The number of hydrogen-bond acceptors (Lipinski definition) is 4. The molecule has 0 spiro atoms. The van der Waals surface area contributed by atoms with Gasteiger partial charge >= 0.3 is 0 Å². The molecule has 1 rings (SSSR count). The van der Waals surface area contributed by atoms with Crippen molar-refractivity contribution >= 4 is 17.2 Å². The van der Waals surface area contributed by atoms with Gasteiger partial charge in [-0.05, 0) is 0 Å². The van der Waals surface area contributed by atoms with Gasteiger partial charge in [0.25, 0.3) is 0 Å². The Labute approximate surface area is 68.2 Å². The van der Waals surface area contributed by atoms with Crippen LogP contribution in [0.2, 0.25) is 0 Å². The molecule has 5 heteroatoms. The van der Waals surface area contributed by atoms with Crippen molar-refractivity contribution in [3.05, 3.63) is 16.6 Å². The van der Waals surface area contributed by atoms with Crippen LogP contribution in [0.3, 0.4) is 0 Å². The lowest BCUT2D eigenvalue weighted by Gasteiger charge is -2.03. The number of amides is 1. The van der Waals surface area contributed by atoms with E-state index >= 15 is 0 Å². The molecule has 0 saturated heterocycles. The van der Waals surface area contributed by atoms with Crippen LogP contribution < -0.4 is 11.5 Å². The quantitative estimate of drug-likeness (QED) is 0.672. The second-order valence-electron chi connectivity index (χ2n) is 2.19. The molecule has 0 saturated carbocycles. The normalized spacial score (nSPS) is 12.8. The molecule has 60 valence electrons. The number of carbonyl (C=O) groups excluding carboxylic acids is 1. The van der Waals surface area contributed by atoms with E-state index in [0.717, 1.165) is 5.69 Å². The maximum atomic E-state index is 10.4. The number of rotatable bonds is 3. The predicted octanol–water partition coefficient (Wildman–Crippen LogP) is 0.0183. The highest BCUT2D eigenvalue weighted by atomic mass is 32.1. The summed E-state index contributed by atoms with van der Waals surface area (Å²) < 4.78 is 0. The lowest BCUT2D eigenvalue weighted by Crippen LogP contribution is -2.20. The van der Waals surface area contributed by atoms with E-state index in [2.05, 4.69) is 4.98 Å². The number of aromatic nitrogens is 1. The summed E-state index contributed by atoms with van der Waals surface area (Å²) >= 11 is 1.45. The average Bonchev–Trinajstić information content (AvgIpc) is 2.35. The van der Waals surface area contributed by atoms with Crippen molar-refractivity contribution in [2.24, 2.45) is 11.5 Å². The summed E-state index contributed by atoms with van der Waals surface area (Å²) in [6, 6.07) is -0.348. The predicted molar refractivity (Wildman–Crippen MR) is 42.9 cm³/mol. The maximum absolute atomic E-state index is 10.4. The molecule has 11 heavy (non-hydrogen) atoms. The highest BCUT2D eigenvalue weighted by molar-refractivity contribution is 7.07. The first-order valence-electron chi connectivity index (χ1n) is 3.12. The molecule has 1 aromatic rings. The van der Waals surface area contributed by atoms with Crippen molar-refractivity contribution in [3.8, 4) is 0 Å². The number of carbonyl (C=O) groups is 1. The van der Waals surface area contributed by atoms with Gasteiger partial charge in [0.2, 0.25) is 5.91 Å². The van der Waals surface area contributed by atoms with Gasteiger partial charge in [-0.15, -0.1) is 11.3 Å². The van der Waals surface area contributed by atoms with E-state index in [9.17, 15) is 4.79 Å². The first kappa shape index (κ1) is 8.16. The second-order valence-corrected chi connectivity index (χ2v) is 2.91. The Kier molecular flexibility index (Phi) is 2.56. The maximum Gasteiger partial charge on any atom is 0.219 e. The topological polar surface area (TPSA) is 82.0 Å². The zero-order valence-electron chi connectivity index (χ0n) is 5.86. The lowest BCUT2D eigenvalue weighted by molar-refractivity contribution is -0.118. The van der Waals surface area contributed by atoms with Crippen molar-refractivity contribution in [1.82, 2.24) is 4.98 Å². The van der Waals surface area contributed by atoms with Crippen molar-refractivity contribution < 1.29 is 4.79 Å². The molecule has 1 aromatic heterocycles. The molecule has 1 amide bonds. The molecule has 0 radical (unpaired) electrons. The van der Waals surface area contributed by atoms with E-state index in [1.54, 1.807) is 5.51 Å². The summed E-state index contributed by atoms with van der Waals surface area (Å²) in [4.78, 5) is 14.4. The molecule has 1 atom stereocenters. The highest BCUT2D eigenvalue weighted by Gasteiger charge is 2.09. The molecule has 0 aliphatic heterocycles. The van der Waals surface area contributed by atoms with Gasteiger partial charge in [0.05, 0.1) is 17.2 Å². The molecule has 0 unspecified atom stereocenters. The third kappa shape index (κ3) is 2.28. The zero-order valence-corrected chi connectivity index (χ0v) is 6.67. The standard InChI is InChI=1S/C6H9N3OS/c7-4(1-6(8)10)5-2-11-3-9-5/h2-4H,1,7H2,(H2,8,10)/t4-/m1/s1. The van der Waals surface area contributed by atoms with Crippen molar-refractivity contribution in [2.45, 2.75) is 12.5 Å². The first-order chi connectivity index (χ1) is 5.20. The van der Waals surface area contributed by atoms with Gasteiger partial charge in [-0.2, -0.15) is 0 Å². The molecule has 0 bridgehead atoms. The van der Waals surface area contributed by atoms with Gasteiger partial charge in [0.1, 0.15) is 0 Å². The van der Waals surface area contributed by atoms with E-state index in [1.165, 1.54) is 11.3 Å². The molecule has 1 heterocycles. The fraction of sp³-hybridized carbons (Fsp3) is 0.333. The van der Waals surface area contributed by atoms with E-state index in [4.69, 9.17) is 11.5 Å². The Morgan fingerprint density at radius 2 is 2.55 bits per heavy atom. The molecular formula is C6H9N3OS. The summed E-state index contributed by atoms with van der Waals surface area (Å²) in [5, 5.41) is 1.81. The van der Waals surface area contributed by atoms with E-state index < -0.39 is 5.91 Å². The zero-order chi connectivity index (χ0) is 8.27. The monoisotopic (exact) mass is 171 g/mol. The van der Waals surface area contributed by atoms with Crippen LogP contribution in [0.1, 0.15) is 18.2 Å².